The molecule has 1 saturated heterocycles. The standard InChI is InChI=1S/C5H11NO3S/c1-4(10(6,7)8)2-5-3-9-5/h4-5H,2-3H2,1H3,(H2,6,7,8)/t4-,5?/m0/s1. The van der Waals surface area contributed by atoms with Gasteiger partial charge in [0.1, 0.15) is 0 Å². The Kier molecular flexibility index (Phi) is 1.98. The molecule has 1 fully saturated rings. The van der Waals surface area contributed by atoms with Crippen LogP contribution in [0.3, 0.4) is 0 Å². The van der Waals surface area contributed by atoms with Crippen LogP contribution in [-0.2, 0) is 14.8 Å². The van der Waals surface area contributed by atoms with E-state index in [1.165, 1.54) is 0 Å². The second kappa shape index (κ2) is 2.48. The first kappa shape index (κ1) is 7.97. The van der Waals surface area contributed by atoms with Gasteiger partial charge in [-0.25, -0.2) is 13.6 Å². The molecule has 2 atom stereocenters. The van der Waals surface area contributed by atoms with Crippen LogP contribution in [-0.4, -0.2) is 26.4 Å². The van der Waals surface area contributed by atoms with Crippen molar-refractivity contribution in [3.63, 3.8) is 0 Å². The van der Waals surface area contributed by atoms with Gasteiger partial charge in [-0.2, -0.15) is 0 Å². The first-order valence-corrected chi connectivity index (χ1v) is 4.74. The Morgan fingerprint density at radius 2 is 2.30 bits per heavy atom. The van der Waals surface area contributed by atoms with Gasteiger partial charge >= 0.3 is 0 Å². The molecule has 1 aliphatic rings. The topological polar surface area (TPSA) is 72.7 Å². The van der Waals surface area contributed by atoms with E-state index in [0.717, 1.165) is 0 Å². The largest absolute Gasteiger partial charge is 0.373 e. The summed E-state index contributed by atoms with van der Waals surface area (Å²) in [7, 11) is -3.34. The maximum atomic E-state index is 10.6. The molecule has 0 bridgehead atoms. The molecule has 1 rings (SSSR count). The van der Waals surface area contributed by atoms with Crippen LogP contribution in [0.1, 0.15) is 13.3 Å². The summed E-state index contributed by atoms with van der Waals surface area (Å²) in [6.45, 7) is 2.27. The number of rotatable bonds is 3. The summed E-state index contributed by atoms with van der Waals surface area (Å²) in [6.07, 6.45) is 0.659. The van der Waals surface area contributed by atoms with Gasteiger partial charge in [0, 0.05) is 0 Å². The molecule has 1 aliphatic heterocycles. The Labute approximate surface area is 60.4 Å². The minimum atomic E-state index is -3.34. The molecule has 0 radical (unpaired) electrons. The average molecular weight is 165 g/mol. The highest BCUT2D eigenvalue weighted by Crippen LogP contribution is 2.17. The zero-order valence-electron chi connectivity index (χ0n) is 5.78. The molecule has 0 aromatic rings. The monoisotopic (exact) mass is 165 g/mol. The molecule has 5 heteroatoms. The first-order chi connectivity index (χ1) is 4.50. The van der Waals surface area contributed by atoms with Crippen LogP contribution in [0, 0.1) is 0 Å². The van der Waals surface area contributed by atoms with Gasteiger partial charge in [-0.05, 0) is 13.3 Å². The Morgan fingerprint density at radius 3 is 2.60 bits per heavy atom. The van der Waals surface area contributed by atoms with Crippen molar-refractivity contribution in [1.29, 1.82) is 0 Å². The van der Waals surface area contributed by atoms with Gasteiger partial charge in [0.05, 0.1) is 18.0 Å². The number of hydrogen-bond acceptors (Lipinski definition) is 3. The number of sulfonamides is 1. The van der Waals surface area contributed by atoms with Crippen molar-refractivity contribution in [2.45, 2.75) is 24.7 Å². The van der Waals surface area contributed by atoms with Gasteiger partial charge in [-0.1, -0.05) is 0 Å². The predicted octanol–water partition coefficient (Wildman–Crippen LogP) is -0.548. The van der Waals surface area contributed by atoms with Crippen LogP contribution in [0.4, 0.5) is 0 Å². The first-order valence-electron chi connectivity index (χ1n) is 3.13. The second-order valence-corrected chi connectivity index (χ2v) is 4.57. The minimum Gasteiger partial charge on any atom is -0.373 e. The van der Waals surface area contributed by atoms with E-state index < -0.39 is 15.3 Å². The van der Waals surface area contributed by atoms with Gasteiger partial charge < -0.3 is 4.74 Å². The van der Waals surface area contributed by atoms with Crippen LogP contribution in [0.5, 0.6) is 0 Å². The Hall–Kier alpha value is -0.130. The van der Waals surface area contributed by atoms with Crippen LogP contribution >= 0.6 is 0 Å². The number of nitrogens with two attached hydrogens (primary N) is 1. The summed E-state index contributed by atoms with van der Waals surface area (Å²) in [5, 5.41) is 4.40. The highest BCUT2D eigenvalue weighted by Gasteiger charge is 2.28. The lowest BCUT2D eigenvalue weighted by molar-refractivity contribution is 0.394. The van der Waals surface area contributed by atoms with Crippen molar-refractivity contribution in [2.75, 3.05) is 6.61 Å². The highest BCUT2D eigenvalue weighted by atomic mass is 32.2. The van der Waals surface area contributed by atoms with Crippen molar-refractivity contribution in [3.05, 3.63) is 0 Å². The minimum absolute atomic E-state index is 0.133. The molecule has 0 saturated carbocycles. The van der Waals surface area contributed by atoms with Gasteiger partial charge in [0.2, 0.25) is 10.0 Å². The zero-order chi connectivity index (χ0) is 7.78. The fraction of sp³-hybridized carbons (Fsp3) is 1.00. The molecule has 1 heterocycles. The third-order valence-corrected chi connectivity index (χ3v) is 2.87. The maximum Gasteiger partial charge on any atom is 0.211 e. The summed E-state index contributed by atoms with van der Waals surface area (Å²) in [5.41, 5.74) is 0. The number of hydrogen-bond donors (Lipinski definition) is 1. The fourth-order valence-corrected chi connectivity index (χ4v) is 1.19. The summed E-state index contributed by atoms with van der Waals surface area (Å²) >= 11 is 0. The molecule has 2 N–H and O–H groups in total. The van der Waals surface area contributed by atoms with Crippen molar-refractivity contribution < 1.29 is 13.2 Å². The molecule has 0 spiro atoms. The molecule has 0 amide bonds. The molecule has 0 aliphatic carbocycles. The van der Waals surface area contributed by atoms with E-state index in [1.54, 1.807) is 6.92 Å². The van der Waals surface area contributed by atoms with Crippen LogP contribution in [0.25, 0.3) is 0 Å². The smallest absolute Gasteiger partial charge is 0.211 e. The number of ether oxygens (including phenoxy) is 1. The molecular formula is C5H11NO3S. The van der Waals surface area contributed by atoms with Crippen molar-refractivity contribution in [3.8, 4) is 0 Å². The van der Waals surface area contributed by atoms with E-state index in [-0.39, 0.29) is 6.10 Å². The Balaban J connectivity index is 2.40. The van der Waals surface area contributed by atoms with E-state index in [4.69, 9.17) is 9.88 Å². The molecule has 10 heavy (non-hydrogen) atoms. The van der Waals surface area contributed by atoms with Crippen molar-refractivity contribution >= 4 is 10.0 Å². The second-order valence-electron chi connectivity index (χ2n) is 2.59. The quantitative estimate of drug-likeness (QED) is 0.570. The van der Waals surface area contributed by atoms with Crippen LogP contribution in [0.15, 0.2) is 0 Å². The summed E-state index contributed by atoms with van der Waals surface area (Å²) in [4.78, 5) is 0. The maximum absolute atomic E-state index is 10.6. The zero-order valence-corrected chi connectivity index (χ0v) is 6.60. The average Bonchev–Trinajstić information content (AvgIpc) is 2.47. The van der Waals surface area contributed by atoms with Crippen molar-refractivity contribution in [2.24, 2.45) is 5.14 Å². The van der Waals surface area contributed by atoms with Crippen molar-refractivity contribution in [1.82, 2.24) is 0 Å². The van der Waals surface area contributed by atoms with E-state index in [2.05, 4.69) is 0 Å². The Morgan fingerprint density at radius 1 is 1.80 bits per heavy atom. The lowest BCUT2D eigenvalue weighted by Crippen LogP contribution is -2.26. The van der Waals surface area contributed by atoms with Gasteiger partial charge in [-0.15, -0.1) is 0 Å². The van der Waals surface area contributed by atoms with Gasteiger partial charge in [0.15, 0.2) is 0 Å². The molecule has 0 aromatic heterocycles. The third-order valence-electron chi connectivity index (χ3n) is 1.56. The number of epoxide rings is 1. The van der Waals surface area contributed by atoms with Gasteiger partial charge in [-0.3, -0.25) is 0 Å². The molecule has 60 valence electrons. The normalized spacial score (nSPS) is 28.0. The van der Waals surface area contributed by atoms with Gasteiger partial charge in [0.25, 0.3) is 0 Å². The van der Waals surface area contributed by atoms with E-state index in [0.29, 0.717) is 13.0 Å². The summed E-state index contributed by atoms with van der Waals surface area (Å²) in [5.74, 6) is 0. The predicted molar refractivity (Wildman–Crippen MR) is 36.9 cm³/mol. The summed E-state index contributed by atoms with van der Waals surface area (Å²) in [6, 6.07) is 0. The highest BCUT2D eigenvalue weighted by molar-refractivity contribution is 7.89. The summed E-state index contributed by atoms with van der Waals surface area (Å²) < 4.78 is 26.1. The van der Waals surface area contributed by atoms with Crippen LogP contribution in [0.2, 0.25) is 0 Å². The molecule has 0 aromatic carbocycles. The van der Waals surface area contributed by atoms with E-state index >= 15 is 0 Å². The third kappa shape index (κ3) is 2.24. The van der Waals surface area contributed by atoms with E-state index in [9.17, 15) is 8.42 Å². The lowest BCUT2D eigenvalue weighted by atomic mass is 10.3. The molecular weight excluding hydrogens is 154 g/mol. The Bertz CT molecular complexity index is 207. The van der Waals surface area contributed by atoms with Crippen LogP contribution < -0.4 is 5.14 Å². The SMILES string of the molecule is C[C@@H](CC1CO1)S(N)(=O)=O. The molecule has 1 unspecified atom stereocenters. The van der Waals surface area contributed by atoms with E-state index in [1.807, 2.05) is 0 Å². The lowest BCUT2D eigenvalue weighted by Gasteiger charge is -2.04. The number of primary sulfonamides is 1. The molecule has 4 nitrogen and oxygen atoms in total. The fourth-order valence-electron chi connectivity index (χ4n) is 0.708.